The Balaban J connectivity index is 2.32. The van der Waals surface area contributed by atoms with Crippen molar-refractivity contribution < 1.29 is 31.5 Å². The van der Waals surface area contributed by atoms with E-state index in [1.54, 1.807) is 0 Å². The van der Waals surface area contributed by atoms with E-state index in [4.69, 9.17) is 5.11 Å². The number of benzene rings is 1. The quantitative estimate of drug-likeness (QED) is 0.837. The van der Waals surface area contributed by atoms with Crippen molar-refractivity contribution in [1.82, 2.24) is 4.31 Å². The zero-order valence-electron chi connectivity index (χ0n) is 9.31. The number of halogens is 3. The van der Waals surface area contributed by atoms with Gasteiger partial charge in [0.1, 0.15) is 4.90 Å². The third-order valence-electron chi connectivity index (χ3n) is 2.81. The monoisotopic (exact) mass is 295 g/mol. The van der Waals surface area contributed by atoms with Gasteiger partial charge in [-0.2, -0.15) is 4.31 Å². The van der Waals surface area contributed by atoms with Crippen molar-refractivity contribution >= 4 is 16.0 Å². The van der Waals surface area contributed by atoms with E-state index in [-0.39, 0.29) is 13.1 Å². The average molecular weight is 295 g/mol. The molecule has 1 fully saturated rings. The predicted octanol–water partition coefficient (Wildman–Crippen LogP) is 0.809. The second kappa shape index (κ2) is 4.49. The number of rotatable bonds is 3. The van der Waals surface area contributed by atoms with Gasteiger partial charge in [-0.25, -0.2) is 21.6 Å². The number of aliphatic carboxylic acids is 1. The first-order chi connectivity index (χ1) is 8.75. The van der Waals surface area contributed by atoms with Gasteiger partial charge in [0.15, 0.2) is 17.5 Å². The molecule has 1 heterocycles. The van der Waals surface area contributed by atoms with Crippen LogP contribution in [0.4, 0.5) is 13.2 Å². The first kappa shape index (κ1) is 13.8. The lowest BCUT2D eigenvalue weighted by molar-refractivity contribution is -0.145. The molecule has 0 atom stereocenters. The Bertz CT molecular complexity index is 640. The van der Waals surface area contributed by atoms with Crippen molar-refractivity contribution in [3.05, 3.63) is 29.6 Å². The van der Waals surface area contributed by atoms with Gasteiger partial charge >= 0.3 is 5.97 Å². The highest BCUT2D eigenvalue weighted by Gasteiger charge is 2.42. The molecule has 0 aliphatic carbocycles. The van der Waals surface area contributed by atoms with Crippen LogP contribution in [0, 0.1) is 23.4 Å². The van der Waals surface area contributed by atoms with Crippen LogP contribution in [0.15, 0.2) is 17.0 Å². The Kier molecular flexibility index (Phi) is 3.27. The highest BCUT2D eigenvalue weighted by atomic mass is 32.2. The predicted molar refractivity (Wildman–Crippen MR) is 56.2 cm³/mol. The molecule has 0 spiro atoms. The first-order valence-electron chi connectivity index (χ1n) is 5.11. The second-order valence-corrected chi connectivity index (χ2v) is 5.94. The number of carboxylic acid groups (broad SMARTS) is 1. The van der Waals surface area contributed by atoms with Crippen LogP contribution in [0.5, 0.6) is 0 Å². The van der Waals surface area contributed by atoms with E-state index >= 15 is 0 Å². The largest absolute Gasteiger partial charge is 0.481 e. The van der Waals surface area contributed by atoms with Gasteiger partial charge < -0.3 is 5.11 Å². The summed E-state index contributed by atoms with van der Waals surface area (Å²) in [5, 5.41) is 8.62. The van der Waals surface area contributed by atoms with Gasteiger partial charge in [0.25, 0.3) is 0 Å². The lowest BCUT2D eigenvalue weighted by atomic mass is 10.0. The second-order valence-electron chi connectivity index (χ2n) is 4.03. The summed E-state index contributed by atoms with van der Waals surface area (Å²) in [4.78, 5) is 9.55. The van der Waals surface area contributed by atoms with Crippen LogP contribution in [-0.2, 0) is 14.8 Å². The van der Waals surface area contributed by atoms with E-state index in [1.165, 1.54) is 0 Å². The molecule has 1 N–H and O–H groups in total. The van der Waals surface area contributed by atoms with Crippen LogP contribution in [-0.4, -0.2) is 36.9 Å². The van der Waals surface area contributed by atoms with Crippen molar-refractivity contribution in [2.24, 2.45) is 5.92 Å². The van der Waals surface area contributed by atoms with Crippen LogP contribution < -0.4 is 0 Å². The van der Waals surface area contributed by atoms with Crippen LogP contribution in [0.3, 0.4) is 0 Å². The van der Waals surface area contributed by atoms with Gasteiger partial charge in [0, 0.05) is 13.1 Å². The summed E-state index contributed by atoms with van der Waals surface area (Å²) in [5.41, 5.74) is 0. The molecule has 1 saturated heterocycles. The third kappa shape index (κ3) is 2.19. The number of hydrogen-bond donors (Lipinski definition) is 1. The number of carbonyl (C=O) groups is 1. The molecule has 5 nitrogen and oxygen atoms in total. The minimum absolute atomic E-state index is 0.323. The van der Waals surface area contributed by atoms with Crippen molar-refractivity contribution in [3.63, 3.8) is 0 Å². The van der Waals surface area contributed by atoms with Crippen molar-refractivity contribution in [2.75, 3.05) is 13.1 Å². The molecule has 0 aromatic heterocycles. The van der Waals surface area contributed by atoms with Crippen molar-refractivity contribution in [2.45, 2.75) is 4.90 Å². The van der Waals surface area contributed by atoms with E-state index in [0.717, 1.165) is 0 Å². The molecule has 1 aliphatic rings. The smallest absolute Gasteiger partial charge is 0.309 e. The van der Waals surface area contributed by atoms with Crippen molar-refractivity contribution in [1.29, 1.82) is 0 Å². The molecule has 0 saturated carbocycles. The van der Waals surface area contributed by atoms with Crippen LogP contribution >= 0.6 is 0 Å². The molecule has 9 heteroatoms. The van der Waals surface area contributed by atoms with Crippen molar-refractivity contribution in [3.8, 4) is 0 Å². The Hall–Kier alpha value is -1.61. The van der Waals surface area contributed by atoms with Gasteiger partial charge in [-0.3, -0.25) is 4.79 Å². The summed E-state index contributed by atoms with van der Waals surface area (Å²) in [7, 11) is -4.35. The third-order valence-corrected chi connectivity index (χ3v) is 4.66. The zero-order chi connectivity index (χ0) is 14.4. The SMILES string of the molecule is O=C(O)C1CN(S(=O)(=O)c2ccc(F)c(F)c2F)C1. The van der Waals surface area contributed by atoms with E-state index < -0.39 is 44.3 Å². The summed E-state index contributed by atoms with van der Waals surface area (Å²) < 4.78 is 63.5. The molecule has 1 aliphatic heterocycles. The van der Waals surface area contributed by atoms with Gasteiger partial charge in [-0.1, -0.05) is 0 Å². The lowest BCUT2D eigenvalue weighted by Crippen LogP contribution is -2.53. The summed E-state index contributed by atoms with van der Waals surface area (Å²) in [6.07, 6.45) is 0. The number of sulfonamides is 1. The molecule has 0 bridgehead atoms. The molecular formula is C10H8F3NO4S. The molecular weight excluding hydrogens is 287 g/mol. The summed E-state index contributed by atoms with van der Waals surface area (Å²) in [6, 6.07) is 1.11. The molecule has 104 valence electrons. The molecule has 1 aromatic carbocycles. The summed E-state index contributed by atoms with van der Waals surface area (Å²) in [5.74, 6) is -7.22. The van der Waals surface area contributed by atoms with E-state index in [1.807, 2.05) is 0 Å². The fourth-order valence-electron chi connectivity index (χ4n) is 1.64. The molecule has 19 heavy (non-hydrogen) atoms. The maximum absolute atomic E-state index is 13.4. The highest BCUT2D eigenvalue weighted by molar-refractivity contribution is 7.89. The lowest BCUT2D eigenvalue weighted by Gasteiger charge is -2.35. The molecule has 0 amide bonds. The maximum atomic E-state index is 13.4. The van der Waals surface area contributed by atoms with Crippen LogP contribution in [0.1, 0.15) is 0 Å². The highest BCUT2D eigenvalue weighted by Crippen LogP contribution is 2.28. The summed E-state index contributed by atoms with van der Waals surface area (Å²) in [6.45, 7) is -0.647. The van der Waals surface area contributed by atoms with Crippen LogP contribution in [0.25, 0.3) is 0 Å². The zero-order valence-corrected chi connectivity index (χ0v) is 10.1. The normalized spacial score (nSPS) is 17.2. The average Bonchev–Trinajstić information content (AvgIpc) is 2.22. The number of nitrogens with zero attached hydrogens (tertiary/aromatic N) is 1. The van der Waals surface area contributed by atoms with E-state index in [0.29, 0.717) is 16.4 Å². The Morgan fingerprint density at radius 1 is 1.21 bits per heavy atom. The molecule has 1 aromatic rings. The van der Waals surface area contributed by atoms with Gasteiger partial charge in [-0.05, 0) is 12.1 Å². The van der Waals surface area contributed by atoms with E-state index in [9.17, 15) is 26.4 Å². The molecule has 0 unspecified atom stereocenters. The minimum Gasteiger partial charge on any atom is -0.481 e. The minimum atomic E-state index is -4.35. The fraction of sp³-hybridized carbons (Fsp3) is 0.300. The topological polar surface area (TPSA) is 74.7 Å². The number of carboxylic acids is 1. The van der Waals surface area contributed by atoms with Crippen LogP contribution in [0.2, 0.25) is 0 Å². The Morgan fingerprint density at radius 3 is 2.32 bits per heavy atom. The Morgan fingerprint density at radius 2 is 1.79 bits per heavy atom. The number of hydrogen-bond acceptors (Lipinski definition) is 3. The molecule has 0 radical (unpaired) electrons. The van der Waals surface area contributed by atoms with Gasteiger partial charge in [-0.15, -0.1) is 0 Å². The van der Waals surface area contributed by atoms with E-state index in [2.05, 4.69) is 0 Å². The first-order valence-corrected chi connectivity index (χ1v) is 6.55. The fourth-order valence-corrected chi connectivity index (χ4v) is 3.22. The van der Waals surface area contributed by atoms with Gasteiger partial charge in [0.05, 0.1) is 5.92 Å². The van der Waals surface area contributed by atoms with Gasteiger partial charge in [0.2, 0.25) is 10.0 Å². The summed E-state index contributed by atoms with van der Waals surface area (Å²) >= 11 is 0. The molecule has 2 rings (SSSR count). The maximum Gasteiger partial charge on any atom is 0.309 e. The Labute approximate surface area is 106 Å². The standard InChI is InChI=1S/C10H8F3NO4S/c11-6-1-2-7(9(13)8(6)12)19(17,18)14-3-5(4-14)10(15)16/h1-2,5H,3-4H2,(H,15,16).